The van der Waals surface area contributed by atoms with Crippen LogP contribution in [0.5, 0.6) is 0 Å². The Hall–Kier alpha value is -0.640. The maximum atomic E-state index is 13.3. The first kappa shape index (κ1) is 12.8. The highest BCUT2D eigenvalue weighted by Gasteiger charge is 2.26. The molecule has 1 aromatic carbocycles. The molecule has 0 saturated carbocycles. The van der Waals surface area contributed by atoms with Crippen LogP contribution in [-0.4, -0.2) is 18.8 Å². The zero-order chi connectivity index (χ0) is 12.3. The average Bonchev–Trinajstić information content (AvgIpc) is 2.32. The Morgan fingerprint density at radius 1 is 1.41 bits per heavy atom. The summed E-state index contributed by atoms with van der Waals surface area (Å²) < 4.78 is 18.6. The molecule has 2 nitrogen and oxygen atoms in total. The minimum atomic E-state index is -0.358. The second kappa shape index (κ2) is 5.34. The highest BCUT2D eigenvalue weighted by Crippen LogP contribution is 2.21. The number of rotatable bonds is 3. The number of halogens is 2. The van der Waals surface area contributed by atoms with Gasteiger partial charge in [0.15, 0.2) is 0 Å². The van der Waals surface area contributed by atoms with E-state index in [0.29, 0.717) is 6.54 Å². The number of hydrogen-bond donors (Lipinski definition) is 1. The average molecular weight is 258 g/mol. The van der Waals surface area contributed by atoms with E-state index in [1.807, 2.05) is 6.07 Å². The summed E-state index contributed by atoms with van der Waals surface area (Å²) in [4.78, 5) is 0. The van der Waals surface area contributed by atoms with Crippen molar-refractivity contribution in [3.63, 3.8) is 0 Å². The van der Waals surface area contributed by atoms with Gasteiger partial charge in [-0.15, -0.1) is 0 Å². The monoisotopic (exact) mass is 257 g/mol. The highest BCUT2D eigenvalue weighted by atomic mass is 35.5. The molecule has 0 unspecified atom stereocenters. The van der Waals surface area contributed by atoms with Crippen molar-refractivity contribution in [3.8, 4) is 0 Å². The summed E-state index contributed by atoms with van der Waals surface area (Å²) in [6.45, 7) is 4.42. The molecule has 0 amide bonds. The minimum absolute atomic E-state index is 0.0916. The number of nitrogens with one attached hydrogen (secondary N) is 1. The second-order valence-corrected chi connectivity index (χ2v) is 5.18. The first-order valence-electron chi connectivity index (χ1n) is 5.86. The van der Waals surface area contributed by atoms with Crippen LogP contribution >= 0.6 is 11.6 Å². The van der Waals surface area contributed by atoms with Crippen molar-refractivity contribution in [1.29, 1.82) is 0 Å². The van der Waals surface area contributed by atoms with Gasteiger partial charge in [-0.1, -0.05) is 17.7 Å². The number of hydrogen-bond acceptors (Lipinski definition) is 2. The topological polar surface area (TPSA) is 21.3 Å². The molecule has 4 heteroatoms. The van der Waals surface area contributed by atoms with E-state index in [0.717, 1.165) is 31.6 Å². The van der Waals surface area contributed by atoms with Crippen LogP contribution in [0.15, 0.2) is 18.2 Å². The third-order valence-electron chi connectivity index (χ3n) is 3.30. The van der Waals surface area contributed by atoms with Crippen LogP contribution in [0.2, 0.25) is 5.02 Å². The molecule has 1 aliphatic heterocycles. The Labute approximate surface area is 106 Å². The summed E-state index contributed by atoms with van der Waals surface area (Å²) in [5.41, 5.74) is 1.01. The molecule has 0 bridgehead atoms. The SMILES string of the molecule is CC1(NCc2ccc(Cl)c(F)c2)CCOCC1. The fourth-order valence-corrected chi connectivity index (χ4v) is 2.08. The van der Waals surface area contributed by atoms with Crippen LogP contribution in [0.3, 0.4) is 0 Å². The summed E-state index contributed by atoms with van der Waals surface area (Å²) >= 11 is 5.64. The molecule has 1 aromatic rings. The predicted octanol–water partition coefficient (Wildman–Crippen LogP) is 3.14. The Kier molecular flexibility index (Phi) is 4.02. The lowest BCUT2D eigenvalue weighted by molar-refractivity contribution is 0.0446. The van der Waals surface area contributed by atoms with Crippen LogP contribution in [0.25, 0.3) is 0 Å². The van der Waals surface area contributed by atoms with Crippen molar-refractivity contribution >= 4 is 11.6 Å². The van der Waals surface area contributed by atoms with Gasteiger partial charge in [0.2, 0.25) is 0 Å². The lowest BCUT2D eigenvalue weighted by atomic mass is 9.92. The Balaban J connectivity index is 1.94. The van der Waals surface area contributed by atoms with Gasteiger partial charge in [-0.05, 0) is 37.5 Å². The van der Waals surface area contributed by atoms with Crippen LogP contribution in [0.1, 0.15) is 25.3 Å². The lowest BCUT2D eigenvalue weighted by Gasteiger charge is -2.34. The molecule has 0 radical (unpaired) electrons. The smallest absolute Gasteiger partial charge is 0.142 e. The van der Waals surface area contributed by atoms with Crippen molar-refractivity contribution < 1.29 is 9.13 Å². The standard InChI is InChI=1S/C13H17ClFNO/c1-13(4-6-17-7-5-13)16-9-10-2-3-11(14)12(15)8-10/h2-3,8,16H,4-7,9H2,1H3. The molecular formula is C13H17ClFNO. The zero-order valence-electron chi connectivity index (χ0n) is 9.93. The van der Waals surface area contributed by atoms with E-state index in [1.165, 1.54) is 6.07 Å². The van der Waals surface area contributed by atoms with Crippen molar-refractivity contribution in [2.24, 2.45) is 0 Å². The van der Waals surface area contributed by atoms with E-state index in [1.54, 1.807) is 6.07 Å². The van der Waals surface area contributed by atoms with Crippen LogP contribution in [0.4, 0.5) is 4.39 Å². The van der Waals surface area contributed by atoms with Crippen molar-refractivity contribution in [2.75, 3.05) is 13.2 Å². The molecule has 2 rings (SSSR count). The van der Waals surface area contributed by atoms with Crippen molar-refractivity contribution in [1.82, 2.24) is 5.32 Å². The van der Waals surface area contributed by atoms with Gasteiger partial charge >= 0.3 is 0 Å². The molecule has 1 aliphatic rings. The van der Waals surface area contributed by atoms with Gasteiger partial charge in [0.05, 0.1) is 5.02 Å². The second-order valence-electron chi connectivity index (χ2n) is 4.78. The van der Waals surface area contributed by atoms with E-state index in [4.69, 9.17) is 16.3 Å². The lowest BCUT2D eigenvalue weighted by Crippen LogP contribution is -2.46. The molecule has 17 heavy (non-hydrogen) atoms. The van der Waals surface area contributed by atoms with Crippen LogP contribution in [0, 0.1) is 5.82 Å². The van der Waals surface area contributed by atoms with Gasteiger partial charge in [0.25, 0.3) is 0 Å². The Morgan fingerprint density at radius 2 is 2.12 bits per heavy atom. The molecule has 1 N–H and O–H groups in total. The maximum Gasteiger partial charge on any atom is 0.142 e. The summed E-state index contributed by atoms with van der Waals surface area (Å²) in [5, 5.41) is 3.64. The highest BCUT2D eigenvalue weighted by molar-refractivity contribution is 6.30. The van der Waals surface area contributed by atoms with Crippen molar-refractivity contribution in [3.05, 3.63) is 34.6 Å². The summed E-state index contributed by atoms with van der Waals surface area (Å²) in [7, 11) is 0. The van der Waals surface area contributed by atoms with E-state index in [-0.39, 0.29) is 16.4 Å². The molecule has 0 aromatic heterocycles. The van der Waals surface area contributed by atoms with Gasteiger partial charge < -0.3 is 10.1 Å². The van der Waals surface area contributed by atoms with E-state index < -0.39 is 0 Å². The van der Waals surface area contributed by atoms with Crippen LogP contribution in [-0.2, 0) is 11.3 Å². The Morgan fingerprint density at radius 3 is 2.76 bits per heavy atom. The van der Waals surface area contributed by atoms with Gasteiger partial charge in [-0.2, -0.15) is 0 Å². The first-order chi connectivity index (χ1) is 8.09. The third kappa shape index (κ3) is 3.41. The first-order valence-corrected chi connectivity index (χ1v) is 6.24. The predicted molar refractivity (Wildman–Crippen MR) is 66.7 cm³/mol. The quantitative estimate of drug-likeness (QED) is 0.898. The number of benzene rings is 1. The van der Waals surface area contributed by atoms with Gasteiger partial charge in [0, 0.05) is 25.3 Å². The fourth-order valence-electron chi connectivity index (χ4n) is 1.96. The van der Waals surface area contributed by atoms with E-state index in [9.17, 15) is 4.39 Å². The molecule has 0 atom stereocenters. The molecule has 1 heterocycles. The molecule has 0 spiro atoms. The third-order valence-corrected chi connectivity index (χ3v) is 3.61. The van der Waals surface area contributed by atoms with Crippen molar-refractivity contribution in [2.45, 2.75) is 31.8 Å². The molecule has 94 valence electrons. The molecule has 1 saturated heterocycles. The fraction of sp³-hybridized carbons (Fsp3) is 0.538. The largest absolute Gasteiger partial charge is 0.381 e. The Bertz CT molecular complexity index is 391. The van der Waals surface area contributed by atoms with E-state index >= 15 is 0 Å². The summed E-state index contributed by atoms with van der Waals surface area (Å²) in [5.74, 6) is -0.358. The summed E-state index contributed by atoms with van der Waals surface area (Å²) in [6.07, 6.45) is 1.98. The zero-order valence-corrected chi connectivity index (χ0v) is 10.7. The van der Waals surface area contributed by atoms with Gasteiger partial charge in [0.1, 0.15) is 5.82 Å². The van der Waals surface area contributed by atoms with E-state index in [2.05, 4.69) is 12.2 Å². The molecule has 0 aliphatic carbocycles. The minimum Gasteiger partial charge on any atom is -0.381 e. The summed E-state index contributed by atoms with van der Waals surface area (Å²) in [6, 6.07) is 4.93. The maximum absolute atomic E-state index is 13.3. The number of ether oxygens (including phenoxy) is 1. The normalized spacial score (nSPS) is 19.2. The van der Waals surface area contributed by atoms with Crippen LogP contribution < -0.4 is 5.32 Å². The van der Waals surface area contributed by atoms with Gasteiger partial charge in [-0.3, -0.25) is 0 Å². The molecular weight excluding hydrogens is 241 g/mol. The molecule has 1 fully saturated rings. The van der Waals surface area contributed by atoms with Gasteiger partial charge in [-0.25, -0.2) is 4.39 Å².